The minimum atomic E-state index is -0.685. The van der Waals surface area contributed by atoms with Crippen molar-refractivity contribution in [1.82, 2.24) is 0 Å². The molecule has 0 radical (unpaired) electrons. The standard InChI is InChI=1S/C14H20N2OS/c1-14(16,11-15)9-5-6-10-18-13-8-4-3-7-12(13)17-2/h3-4,7-8H,5-6,9-10,16H2,1-2H3. The molecule has 0 amide bonds. The number of hydrogen-bond donors (Lipinski definition) is 1. The molecule has 18 heavy (non-hydrogen) atoms. The quantitative estimate of drug-likeness (QED) is 0.607. The molecule has 0 saturated heterocycles. The summed E-state index contributed by atoms with van der Waals surface area (Å²) in [5.74, 6) is 1.94. The van der Waals surface area contributed by atoms with Crippen LogP contribution in [-0.2, 0) is 0 Å². The van der Waals surface area contributed by atoms with E-state index in [0.29, 0.717) is 0 Å². The number of nitriles is 1. The van der Waals surface area contributed by atoms with Crippen LogP contribution >= 0.6 is 11.8 Å². The van der Waals surface area contributed by atoms with Crippen LogP contribution in [0.3, 0.4) is 0 Å². The second-order valence-corrected chi connectivity index (χ2v) is 5.62. The van der Waals surface area contributed by atoms with Crippen molar-refractivity contribution >= 4 is 11.8 Å². The lowest BCUT2D eigenvalue weighted by Crippen LogP contribution is -2.33. The van der Waals surface area contributed by atoms with Gasteiger partial charge in [-0.05, 0) is 44.1 Å². The maximum absolute atomic E-state index is 8.80. The third-order valence-corrected chi connectivity index (χ3v) is 3.81. The topological polar surface area (TPSA) is 59.0 Å². The fourth-order valence-corrected chi connectivity index (χ4v) is 2.61. The molecule has 0 spiro atoms. The SMILES string of the molecule is COc1ccccc1SCCCCC(C)(N)C#N. The molecule has 0 aliphatic rings. The van der Waals surface area contributed by atoms with Crippen LogP contribution in [-0.4, -0.2) is 18.4 Å². The Hall–Kier alpha value is -1.18. The summed E-state index contributed by atoms with van der Waals surface area (Å²) in [4.78, 5) is 1.16. The Morgan fingerprint density at radius 2 is 2.11 bits per heavy atom. The first-order valence-corrected chi connectivity index (χ1v) is 7.03. The zero-order chi connectivity index (χ0) is 13.4. The van der Waals surface area contributed by atoms with Crippen LogP contribution in [0.25, 0.3) is 0 Å². The number of para-hydroxylation sites is 1. The highest BCUT2D eigenvalue weighted by Gasteiger charge is 2.15. The number of nitrogens with two attached hydrogens (primary N) is 1. The van der Waals surface area contributed by atoms with Gasteiger partial charge in [-0.2, -0.15) is 5.26 Å². The Kier molecular flexibility index (Phi) is 6.03. The molecule has 0 bridgehead atoms. The van der Waals surface area contributed by atoms with Gasteiger partial charge in [-0.1, -0.05) is 12.1 Å². The molecule has 0 aromatic heterocycles. The minimum absolute atomic E-state index is 0.685. The highest BCUT2D eigenvalue weighted by atomic mass is 32.2. The van der Waals surface area contributed by atoms with Gasteiger partial charge in [0.1, 0.15) is 11.3 Å². The average Bonchev–Trinajstić information content (AvgIpc) is 2.38. The average molecular weight is 264 g/mol. The second kappa shape index (κ2) is 7.30. The summed E-state index contributed by atoms with van der Waals surface area (Å²) in [5, 5.41) is 8.80. The predicted octanol–water partition coefficient (Wildman–Crippen LogP) is 3.20. The molecule has 1 aromatic carbocycles. The van der Waals surface area contributed by atoms with Gasteiger partial charge in [0.05, 0.1) is 13.2 Å². The largest absolute Gasteiger partial charge is 0.496 e. The molecule has 2 N–H and O–H groups in total. The van der Waals surface area contributed by atoms with Gasteiger partial charge in [-0.25, -0.2) is 0 Å². The first kappa shape index (κ1) is 14.9. The Morgan fingerprint density at radius 3 is 2.78 bits per heavy atom. The summed E-state index contributed by atoms with van der Waals surface area (Å²) in [6.07, 6.45) is 2.77. The summed E-state index contributed by atoms with van der Waals surface area (Å²) in [6, 6.07) is 10.1. The first-order valence-electron chi connectivity index (χ1n) is 6.05. The van der Waals surface area contributed by atoms with E-state index in [0.717, 1.165) is 35.7 Å². The van der Waals surface area contributed by atoms with Gasteiger partial charge >= 0.3 is 0 Å². The fraction of sp³-hybridized carbons (Fsp3) is 0.500. The van der Waals surface area contributed by atoms with Crippen molar-refractivity contribution in [3.63, 3.8) is 0 Å². The van der Waals surface area contributed by atoms with Crippen LogP contribution in [0.1, 0.15) is 26.2 Å². The van der Waals surface area contributed by atoms with Gasteiger partial charge in [-0.3, -0.25) is 0 Å². The summed E-state index contributed by atoms with van der Waals surface area (Å²) >= 11 is 1.78. The molecule has 1 aromatic rings. The third-order valence-electron chi connectivity index (χ3n) is 2.67. The van der Waals surface area contributed by atoms with Crippen molar-refractivity contribution in [1.29, 1.82) is 5.26 Å². The Morgan fingerprint density at radius 1 is 1.39 bits per heavy atom. The van der Waals surface area contributed by atoms with Crippen LogP contribution in [0.2, 0.25) is 0 Å². The molecule has 3 nitrogen and oxygen atoms in total. The number of nitrogens with zero attached hydrogens (tertiary/aromatic N) is 1. The monoisotopic (exact) mass is 264 g/mol. The maximum Gasteiger partial charge on any atom is 0.132 e. The van der Waals surface area contributed by atoms with Crippen LogP contribution < -0.4 is 10.5 Å². The van der Waals surface area contributed by atoms with Crippen LogP contribution in [0.15, 0.2) is 29.2 Å². The highest BCUT2D eigenvalue weighted by Crippen LogP contribution is 2.29. The molecule has 4 heteroatoms. The Balaban J connectivity index is 2.28. The fourth-order valence-electron chi connectivity index (χ4n) is 1.57. The van der Waals surface area contributed by atoms with Gasteiger partial charge in [0.15, 0.2) is 0 Å². The second-order valence-electron chi connectivity index (χ2n) is 4.49. The molecule has 0 saturated carbocycles. The summed E-state index contributed by atoms with van der Waals surface area (Å²) in [6.45, 7) is 1.78. The van der Waals surface area contributed by atoms with E-state index < -0.39 is 5.54 Å². The molecule has 0 heterocycles. The van der Waals surface area contributed by atoms with Crippen molar-refractivity contribution < 1.29 is 4.74 Å². The molecule has 0 aliphatic heterocycles. The normalized spacial score (nSPS) is 13.7. The molecular weight excluding hydrogens is 244 g/mol. The first-order chi connectivity index (χ1) is 8.59. The smallest absolute Gasteiger partial charge is 0.132 e. The predicted molar refractivity (Wildman–Crippen MR) is 75.8 cm³/mol. The molecule has 0 aliphatic carbocycles. The van der Waals surface area contributed by atoms with E-state index in [1.165, 1.54) is 0 Å². The molecule has 1 unspecified atom stereocenters. The number of methoxy groups -OCH3 is 1. The molecule has 1 rings (SSSR count). The van der Waals surface area contributed by atoms with E-state index in [2.05, 4.69) is 12.1 Å². The van der Waals surface area contributed by atoms with Crippen LogP contribution in [0.5, 0.6) is 5.75 Å². The molecule has 98 valence electrons. The number of hydrogen-bond acceptors (Lipinski definition) is 4. The minimum Gasteiger partial charge on any atom is -0.496 e. The Bertz CT molecular complexity index is 413. The summed E-state index contributed by atoms with van der Waals surface area (Å²) in [5.41, 5.74) is 5.08. The van der Waals surface area contributed by atoms with Crippen molar-refractivity contribution in [2.75, 3.05) is 12.9 Å². The van der Waals surface area contributed by atoms with Gasteiger partial charge < -0.3 is 10.5 Å². The van der Waals surface area contributed by atoms with Gasteiger partial charge in [-0.15, -0.1) is 11.8 Å². The Labute approximate surface area is 113 Å². The number of ether oxygens (including phenoxy) is 1. The molecule has 0 fully saturated rings. The van der Waals surface area contributed by atoms with Crippen LogP contribution in [0, 0.1) is 11.3 Å². The highest BCUT2D eigenvalue weighted by molar-refractivity contribution is 7.99. The van der Waals surface area contributed by atoms with Gasteiger partial charge in [0, 0.05) is 4.90 Å². The van der Waals surface area contributed by atoms with Crippen LogP contribution in [0.4, 0.5) is 0 Å². The van der Waals surface area contributed by atoms with Gasteiger partial charge in [0.25, 0.3) is 0 Å². The maximum atomic E-state index is 8.80. The van der Waals surface area contributed by atoms with Crippen molar-refractivity contribution in [3.05, 3.63) is 24.3 Å². The van der Waals surface area contributed by atoms with E-state index in [1.54, 1.807) is 25.8 Å². The van der Waals surface area contributed by atoms with Crippen molar-refractivity contribution in [2.45, 2.75) is 36.6 Å². The molecule has 1 atom stereocenters. The summed E-state index contributed by atoms with van der Waals surface area (Å²) in [7, 11) is 1.69. The lowest BCUT2D eigenvalue weighted by atomic mass is 9.99. The van der Waals surface area contributed by atoms with E-state index in [9.17, 15) is 0 Å². The lowest BCUT2D eigenvalue weighted by Gasteiger charge is -2.14. The number of rotatable bonds is 7. The van der Waals surface area contributed by atoms with E-state index in [-0.39, 0.29) is 0 Å². The third kappa shape index (κ3) is 4.99. The zero-order valence-corrected chi connectivity index (χ0v) is 11.8. The van der Waals surface area contributed by atoms with Gasteiger partial charge in [0.2, 0.25) is 0 Å². The van der Waals surface area contributed by atoms with E-state index >= 15 is 0 Å². The van der Waals surface area contributed by atoms with Crippen molar-refractivity contribution in [2.24, 2.45) is 5.73 Å². The summed E-state index contributed by atoms with van der Waals surface area (Å²) < 4.78 is 5.29. The van der Waals surface area contributed by atoms with E-state index in [4.69, 9.17) is 15.7 Å². The number of benzene rings is 1. The number of unbranched alkanes of at least 4 members (excludes halogenated alkanes) is 1. The lowest BCUT2D eigenvalue weighted by molar-refractivity contribution is 0.405. The van der Waals surface area contributed by atoms with Crippen molar-refractivity contribution in [3.8, 4) is 11.8 Å². The zero-order valence-electron chi connectivity index (χ0n) is 11.0. The van der Waals surface area contributed by atoms with E-state index in [1.807, 2.05) is 18.2 Å². The number of thioether (sulfide) groups is 1. The molecular formula is C14H20N2OS.